The number of amides is 4. The molecular weight excluding hydrogens is 448 g/mol. The standard InChI is InChI=1S/C26H30N4O5/c1-18-23(31)29-15-9-14-22(29)25(33)28(2)30(18)24(32)21(16-19-10-5-3-6-11-19)27-26(34)35-17-20-12-7-4-8-13-20/h3-8,10-13,18,21-22H,9,14-17H2,1-2H3,(H,27,34)/t18-,21+,22+/m1/s1. The molecule has 0 spiro atoms. The molecule has 2 aliphatic rings. The number of rotatable bonds is 6. The number of benzene rings is 2. The lowest BCUT2D eigenvalue weighted by Crippen LogP contribution is -2.59. The van der Waals surface area contributed by atoms with Crippen LogP contribution in [0.3, 0.4) is 0 Å². The zero-order valence-electron chi connectivity index (χ0n) is 19.9. The van der Waals surface area contributed by atoms with Crippen molar-refractivity contribution in [3.8, 4) is 0 Å². The van der Waals surface area contributed by atoms with Gasteiger partial charge in [-0.1, -0.05) is 60.7 Å². The Balaban J connectivity index is 1.55. The second kappa shape index (κ2) is 10.6. The minimum Gasteiger partial charge on any atom is -0.445 e. The topological polar surface area (TPSA) is 99.3 Å². The van der Waals surface area contributed by atoms with Gasteiger partial charge in [0, 0.05) is 20.0 Å². The maximum absolute atomic E-state index is 13.8. The third-order valence-electron chi connectivity index (χ3n) is 6.50. The number of hydrazine groups is 1. The molecule has 2 fully saturated rings. The van der Waals surface area contributed by atoms with E-state index in [-0.39, 0.29) is 24.8 Å². The molecule has 0 aliphatic carbocycles. The summed E-state index contributed by atoms with van der Waals surface area (Å²) in [6.07, 6.45) is 0.738. The van der Waals surface area contributed by atoms with Crippen molar-refractivity contribution in [2.24, 2.45) is 0 Å². The van der Waals surface area contributed by atoms with E-state index in [0.29, 0.717) is 13.0 Å². The van der Waals surface area contributed by atoms with E-state index >= 15 is 0 Å². The molecule has 4 rings (SSSR count). The number of nitrogens with one attached hydrogen (secondary N) is 1. The molecule has 2 aromatic carbocycles. The van der Waals surface area contributed by atoms with Gasteiger partial charge in [-0.3, -0.25) is 19.4 Å². The number of ether oxygens (including phenoxy) is 1. The first-order chi connectivity index (χ1) is 16.9. The van der Waals surface area contributed by atoms with Gasteiger partial charge < -0.3 is 15.0 Å². The predicted molar refractivity (Wildman–Crippen MR) is 128 cm³/mol. The van der Waals surface area contributed by atoms with Gasteiger partial charge in [-0.15, -0.1) is 0 Å². The number of carbonyl (C=O) groups is 4. The number of nitrogens with zero attached hydrogens (tertiary/aromatic N) is 3. The van der Waals surface area contributed by atoms with Gasteiger partial charge in [0.1, 0.15) is 24.7 Å². The van der Waals surface area contributed by atoms with E-state index in [2.05, 4.69) is 5.32 Å². The highest BCUT2D eigenvalue weighted by Crippen LogP contribution is 2.26. The molecule has 2 saturated heterocycles. The minimum atomic E-state index is -1.04. The summed E-state index contributed by atoms with van der Waals surface area (Å²) < 4.78 is 5.34. The normalized spacial score (nSPS) is 20.8. The summed E-state index contributed by atoms with van der Waals surface area (Å²) in [5, 5.41) is 5.07. The number of fused-ring (bicyclic) bond motifs is 1. The van der Waals surface area contributed by atoms with Crippen LogP contribution in [-0.4, -0.2) is 70.5 Å². The summed E-state index contributed by atoms with van der Waals surface area (Å²) in [5.74, 6) is -1.13. The van der Waals surface area contributed by atoms with Crippen molar-refractivity contribution >= 4 is 23.8 Å². The van der Waals surface area contributed by atoms with E-state index in [4.69, 9.17) is 4.74 Å². The SMILES string of the molecule is C[C@@H]1C(=O)N2CCC[C@H]2C(=O)N(C)N1C(=O)[C@H](Cc1ccccc1)NC(=O)OCc1ccccc1. The molecule has 2 aromatic rings. The van der Waals surface area contributed by atoms with Gasteiger partial charge in [0.25, 0.3) is 11.8 Å². The number of alkyl carbamates (subject to hydrolysis) is 1. The Morgan fingerprint density at radius 1 is 1.00 bits per heavy atom. The maximum Gasteiger partial charge on any atom is 0.408 e. The Kier molecular flexibility index (Phi) is 7.33. The van der Waals surface area contributed by atoms with E-state index in [1.807, 2.05) is 60.7 Å². The molecule has 0 saturated carbocycles. The van der Waals surface area contributed by atoms with Gasteiger partial charge in [0.05, 0.1) is 0 Å². The highest BCUT2D eigenvalue weighted by molar-refractivity contribution is 5.97. The Labute approximate surface area is 204 Å². The van der Waals surface area contributed by atoms with Crippen molar-refractivity contribution in [1.82, 2.24) is 20.2 Å². The van der Waals surface area contributed by atoms with Crippen LogP contribution in [0.1, 0.15) is 30.9 Å². The molecule has 0 aromatic heterocycles. The van der Waals surface area contributed by atoms with Gasteiger partial charge >= 0.3 is 6.09 Å². The highest BCUT2D eigenvalue weighted by atomic mass is 16.5. The van der Waals surface area contributed by atoms with Crippen molar-refractivity contribution < 1.29 is 23.9 Å². The smallest absolute Gasteiger partial charge is 0.408 e. The van der Waals surface area contributed by atoms with E-state index in [1.54, 1.807) is 11.8 Å². The molecule has 2 heterocycles. The second-order valence-electron chi connectivity index (χ2n) is 8.86. The summed E-state index contributed by atoms with van der Waals surface area (Å²) >= 11 is 0. The van der Waals surface area contributed by atoms with Crippen molar-refractivity contribution in [2.75, 3.05) is 13.6 Å². The molecular formula is C26H30N4O5. The van der Waals surface area contributed by atoms with Gasteiger partial charge in [0.15, 0.2) is 0 Å². The van der Waals surface area contributed by atoms with Crippen LogP contribution in [0.15, 0.2) is 60.7 Å². The van der Waals surface area contributed by atoms with E-state index in [0.717, 1.165) is 17.5 Å². The van der Waals surface area contributed by atoms with Gasteiger partial charge in [-0.25, -0.2) is 9.80 Å². The predicted octanol–water partition coefficient (Wildman–Crippen LogP) is 2.12. The molecule has 4 amide bonds. The van der Waals surface area contributed by atoms with Crippen molar-refractivity contribution in [2.45, 2.75) is 50.9 Å². The molecule has 0 bridgehead atoms. The number of hydrogen-bond donors (Lipinski definition) is 1. The van der Waals surface area contributed by atoms with Crippen LogP contribution in [0.5, 0.6) is 0 Å². The third kappa shape index (κ3) is 5.29. The fourth-order valence-corrected chi connectivity index (χ4v) is 4.67. The van der Waals surface area contributed by atoms with Crippen LogP contribution in [0.4, 0.5) is 4.79 Å². The first-order valence-electron chi connectivity index (χ1n) is 11.8. The Hall–Kier alpha value is -3.88. The molecule has 0 radical (unpaired) electrons. The van der Waals surface area contributed by atoms with Crippen LogP contribution in [0.2, 0.25) is 0 Å². The van der Waals surface area contributed by atoms with Crippen LogP contribution < -0.4 is 5.32 Å². The summed E-state index contributed by atoms with van der Waals surface area (Å²) in [6, 6.07) is 15.9. The van der Waals surface area contributed by atoms with E-state index in [1.165, 1.54) is 17.1 Å². The fraction of sp³-hybridized carbons (Fsp3) is 0.385. The van der Waals surface area contributed by atoms with Gasteiger partial charge in [0.2, 0.25) is 5.91 Å². The van der Waals surface area contributed by atoms with E-state index in [9.17, 15) is 19.2 Å². The average Bonchev–Trinajstić information content (AvgIpc) is 3.35. The molecule has 35 heavy (non-hydrogen) atoms. The Morgan fingerprint density at radius 3 is 2.29 bits per heavy atom. The lowest BCUT2D eigenvalue weighted by molar-refractivity contribution is -0.166. The largest absolute Gasteiger partial charge is 0.445 e. The molecule has 2 aliphatic heterocycles. The van der Waals surface area contributed by atoms with E-state index < -0.39 is 30.1 Å². The summed E-state index contributed by atoms with van der Waals surface area (Å²) in [6.45, 7) is 2.15. The maximum atomic E-state index is 13.8. The molecule has 9 heteroatoms. The minimum absolute atomic E-state index is 0.0482. The lowest BCUT2D eigenvalue weighted by atomic mass is 10.0. The fourth-order valence-electron chi connectivity index (χ4n) is 4.67. The van der Waals surface area contributed by atoms with Crippen molar-refractivity contribution in [3.63, 3.8) is 0 Å². The number of carbonyl (C=O) groups excluding carboxylic acids is 4. The van der Waals surface area contributed by atoms with Crippen LogP contribution >= 0.6 is 0 Å². The molecule has 9 nitrogen and oxygen atoms in total. The van der Waals surface area contributed by atoms with Crippen LogP contribution in [0.25, 0.3) is 0 Å². The highest BCUT2D eigenvalue weighted by Gasteiger charge is 2.47. The first kappa shape index (κ1) is 24.3. The molecule has 1 N–H and O–H groups in total. The second-order valence-corrected chi connectivity index (χ2v) is 8.86. The van der Waals surface area contributed by atoms with Gasteiger partial charge in [-0.2, -0.15) is 0 Å². The van der Waals surface area contributed by atoms with Crippen molar-refractivity contribution in [1.29, 1.82) is 0 Å². The summed E-state index contributed by atoms with van der Waals surface area (Å²) in [7, 11) is 1.50. The van der Waals surface area contributed by atoms with Gasteiger partial charge in [-0.05, 0) is 30.9 Å². The number of hydrogen-bond acceptors (Lipinski definition) is 5. The summed E-state index contributed by atoms with van der Waals surface area (Å²) in [4.78, 5) is 54.3. The molecule has 184 valence electrons. The Bertz CT molecular complexity index is 1050. The van der Waals surface area contributed by atoms with Crippen LogP contribution in [-0.2, 0) is 32.1 Å². The first-order valence-corrected chi connectivity index (χ1v) is 11.8. The Morgan fingerprint density at radius 2 is 1.63 bits per heavy atom. The number of likely N-dealkylation sites (N-methyl/N-ethyl adjacent to an activating group) is 1. The zero-order chi connectivity index (χ0) is 24.9. The molecule has 0 unspecified atom stereocenters. The van der Waals surface area contributed by atoms with Crippen molar-refractivity contribution in [3.05, 3.63) is 71.8 Å². The monoisotopic (exact) mass is 478 g/mol. The average molecular weight is 479 g/mol. The molecule has 3 atom stereocenters. The van der Waals surface area contributed by atoms with Crippen LogP contribution in [0, 0.1) is 0 Å². The lowest BCUT2D eigenvalue weighted by Gasteiger charge is -2.36. The third-order valence-corrected chi connectivity index (χ3v) is 6.50. The summed E-state index contributed by atoms with van der Waals surface area (Å²) in [5.41, 5.74) is 1.63. The quantitative estimate of drug-likeness (QED) is 0.686. The zero-order valence-corrected chi connectivity index (χ0v) is 19.9.